The fraction of sp³-hybridized carbons (Fsp3) is 0.300. The summed E-state index contributed by atoms with van der Waals surface area (Å²) in [7, 11) is 0. The van der Waals surface area contributed by atoms with Crippen molar-refractivity contribution in [1.29, 1.82) is 0 Å². The van der Waals surface area contributed by atoms with E-state index < -0.39 is 0 Å². The number of hydrogen-bond donors (Lipinski definition) is 0. The van der Waals surface area contributed by atoms with Crippen molar-refractivity contribution in [2.45, 2.75) is 32.9 Å². The Morgan fingerprint density at radius 3 is 2.58 bits per heavy atom. The van der Waals surface area contributed by atoms with Crippen molar-refractivity contribution in [3.8, 4) is 0 Å². The van der Waals surface area contributed by atoms with Crippen LogP contribution in [-0.2, 0) is 24.3 Å². The summed E-state index contributed by atoms with van der Waals surface area (Å²) in [4.78, 5) is 27.0. The number of carbonyl (C=O) groups is 1. The molecule has 0 radical (unpaired) electrons. The average Bonchev–Trinajstić information content (AvgIpc) is 3.17. The van der Waals surface area contributed by atoms with Crippen LogP contribution in [0.2, 0.25) is 0 Å². The number of carbonyl (C=O) groups excluding carboxylic acids is 1. The minimum absolute atomic E-state index is 0.0458. The molecule has 2 heterocycles. The predicted molar refractivity (Wildman–Crippen MR) is 98.9 cm³/mol. The first-order chi connectivity index (χ1) is 12.6. The van der Waals surface area contributed by atoms with Crippen LogP contribution in [0.1, 0.15) is 18.9 Å². The Hall–Kier alpha value is -2.89. The van der Waals surface area contributed by atoms with E-state index in [9.17, 15) is 14.0 Å². The molecule has 1 aromatic heterocycles. The highest BCUT2D eigenvalue weighted by atomic mass is 19.1. The van der Waals surface area contributed by atoms with Crippen LogP contribution in [0.5, 0.6) is 0 Å². The van der Waals surface area contributed by atoms with Gasteiger partial charge in [-0.2, -0.15) is 0 Å². The molecule has 0 fully saturated rings. The summed E-state index contributed by atoms with van der Waals surface area (Å²) in [6, 6.07) is 12.1. The van der Waals surface area contributed by atoms with Gasteiger partial charge in [-0.1, -0.05) is 12.1 Å². The fourth-order valence-electron chi connectivity index (χ4n) is 3.77. The van der Waals surface area contributed by atoms with Gasteiger partial charge in [0.15, 0.2) is 0 Å². The van der Waals surface area contributed by atoms with Gasteiger partial charge in [0, 0.05) is 31.7 Å². The Morgan fingerprint density at radius 1 is 1.12 bits per heavy atom. The minimum Gasteiger partial charge on any atom is -0.312 e. The molecular weight excluding hydrogens is 333 g/mol. The Balaban J connectivity index is 1.58. The second-order valence-electron chi connectivity index (χ2n) is 6.49. The largest absolute Gasteiger partial charge is 0.329 e. The van der Waals surface area contributed by atoms with E-state index in [2.05, 4.69) is 0 Å². The van der Waals surface area contributed by atoms with Crippen LogP contribution in [0, 0.1) is 5.82 Å². The normalized spacial score (nSPS) is 13.4. The van der Waals surface area contributed by atoms with Crippen molar-refractivity contribution in [2.24, 2.45) is 0 Å². The number of imidazole rings is 1. The maximum atomic E-state index is 13.3. The van der Waals surface area contributed by atoms with Crippen molar-refractivity contribution in [1.82, 2.24) is 9.13 Å². The van der Waals surface area contributed by atoms with Crippen LogP contribution in [-0.4, -0.2) is 21.6 Å². The lowest BCUT2D eigenvalue weighted by Gasteiger charge is -2.17. The third-order valence-electron chi connectivity index (χ3n) is 5.03. The van der Waals surface area contributed by atoms with Crippen LogP contribution in [0.3, 0.4) is 0 Å². The summed E-state index contributed by atoms with van der Waals surface area (Å²) in [5, 5.41) is 0. The lowest BCUT2D eigenvalue weighted by Crippen LogP contribution is -2.31. The SMILES string of the molecule is CCn1c(=O)n(CCC(=O)N2CCc3cc(F)ccc32)c2ccccc21. The van der Waals surface area contributed by atoms with E-state index in [0.717, 1.165) is 22.3 Å². The average molecular weight is 353 g/mol. The zero-order valence-electron chi connectivity index (χ0n) is 14.6. The molecule has 0 unspecified atom stereocenters. The van der Waals surface area contributed by atoms with E-state index in [1.807, 2.05) is 31.2 Å². The Kier molecular flexibility index (Phi) is 4.11. The maximum absolute atomic E-state index is 13.3. The van der Waals surface area contributed by atoms with Gasteiger partial charge in [0.1, 0.15) is 5.82 Å². The number of para-hydroxylation sites is 2. The first-order valence-electron chi connectivity index (χ1n) is 8.87. The number of halogens is 1. The number of rotatable bonds is 4. The van der Waals surface area contributed by atoms with Crippen molar-refractivity contribution in [3.05, 3.63) is 64.3 Å². The molecule has 0 saturated heterocycles. The highest BCUT2D eigenvalue weighted by Crippen LogP contribution is 2.29. The fourth-order valence-corrected chi connectivity index (χ4v) is 3.77. The molecule has 0 bridgehead atoms. The number of hydrogen-bond acceptors (Lipinski definition) is 2. The van der Waals surface area contributed by atoms with Crippen LogP contribution >= 0.6 is 0 Å². The van der Waals surface area contributed by atoms with E-state index in [1.165, 1.54) is 12.1 Å². The molecule has 3 aromatic rings. The van der Waals surface area contributed by atoms with Gasteiger partial charge in [-0.05, 0) is 49.2 Å². The summed E-state index contributed by atoms with van der Waals surface area (Å²) >= 11 is 0. The topological polar surface area (TPSA) is 47.2 Å². The third-order valence-corrected chi connectivity index (χ3v) is 5.03. The van der Waals surface area contributed by atoms with Crippen LogP contribution in [0.4, 0.5) is 10.1 Å². The van der Waals surface area contributed by atoms with Gasteiger partial charge < -0.3 is 4.90 Å². The van der Waals surface area contributed by atoms with Crippen LogP contribution in [0.25, 0.3) is 11.0 Å². The molecule has 0 spiro atoms. The number of aryl methyl sites for hydroxylation is 2. The number of amides is 1. The molecule has 1 amide bonds. The van der Waals surface area contributed by atoms with Gasteiger partial charge in [0.25, 0.3) is 0 Å². The molecule has 2 aromatic carbocycles. The first kappa shape index (κ1) is 16.6. The quantitative estimate of drug-likeness (QED) is 0.724. The standard InChI is InChI=1S/C20H20FN3O2/c1-2-22-17-5-3-4-6-18(17)24(20(22)26)12-10-19(25)23-11-9-14-13-15(21)7-8-16(14)23/h3-8,13H,2,9-12H2,1H3. The Morgan fingerprint density at radius 2 is 1.85 bits per heavy atom. The van der Waals surface area contributed by atoms with Gasteiger partial charge in [0.05, 0.1) is 11.0 Å². The van der Waals surface area contributed by atoms with Gasteiger partial charge in [-0.25, -0.2) is 9.18 Å². The van der Waals surface area contributed by atoms with Crippen LogP contribution < -0.4 is 10.6 Å². The van der Waals surface area contributed by atoms with Crippen molar-refractivity contribution in [2.75, 3.05) is 11.4 Å². The van der Waals surface area contributed by atoms with E-state index in [-0.39, 0.29) is 23.8 Å². The number of aromatic nitrogens is 2. The number of nitrogens with zero attached hydrogens (tertiary/aromatic N) is 3. The molecule has 1 aliphatic rings. The molecule has 0 atom stereocenters. The van der Waals surface area contributed by atoms with Gasteiger partial charge >= 0.3 is 5.69 Å². The molecule has 5 nitrogen and oxygen atoms in total. The second kappa shape index (κ2) is 6.44. The lowest BCUT2D eigenvalue weighted by molar-refractivity contribution is -0.118. The predicted octanol–water partition coefficient (Wildman–Crippen LogP) is 2.94. The van der Waals surface area contributed by atoms with E-state index in [1.54, 1.807) is 20.1 Å². The molecule has 4 rings (SSSR count). The smallest absolute Gasteiger partial charge is 0.312 e. The van der Waals surface area contributed by atoms with E-state index in [0.29, 0.717) is 26.1 Å². The summed E-state index contributed by atoms with van der Waals surface area (Å²) < 4.78 is 16.7. The zero-order valence-corrected chi connectivity index (χ0v) is 14.6. The zero-order chi connectivity index (χ0) is 18.3. The Bertz CT molecular complexity index is 1050. The third kappa shape index (κ3) is 2.62. The minimum atomic E-state index is -0.281. The van der Waals surface area contributed by atoms with Gasteiger partial charge in [-0.3, -0.25) is 13.9 Å². The summed E-state index contributed by atoms with van der Waals surface area (Å²) in [5.41, 5.74) is 3.27. The summed E-state index contributed by atoms with van der Waals surface area (Å²) in [6.45, 7) is 3.41. The monoisotopic (exact) mass is 353 g/mol. The maximum Gasteiger partial charge on any atom is 0.329 e. The van der Waals surface area contributed by atoms with E-state index in [4.69, 9.17) is 0 Å². The molecule has 0 aliphatic carbocycles. The van der Waals surface area contributed by atoms with Crippen LogP contribution in [0.15, 0.2) is 47.3 Å². The number of anilines is 1. The lowest BCUT2D eigenvalue weighted by atomic mass is 10.1. The van der Waals surface area contributed by atoms with Gasteiger partial charge in [-0.15, -0.1) is 0 Å². The molecule has 0 saturated carbocycles. The Labute approximate surface area is 150 Å². The highest BCUT2D eigenvalue weighted by Gasteiger charge is 2.25. The van der Waals surface area contributed by atoms with Crippen molar-refractivity contribution < 1.29 is 9.18 Å². The molecule has 1 aliphatic heterocycles. The van der Waals surface area contributed by atoms with Crippen molar-refractivity contribution >= 4 is 22.6 Å². The van der Waals surface area contributed by atoms with E-state index >= 15 is 0 Å². The van der Waals surface area contributed by atoms with Crippen molar-refractivity contribution in [3.63, 3.8) is 0 Å². The molecule has 0 N–H and O–H groups in total. The summed E-state index contributed by atoms with van der Waals surface area (Å²) in [5.74, 6) is -0.326. The number of benzene rings is 2. The second-order valence-corrected chi connectivity index (χ2v) is 6.49. The molecule has 6 heteroatoms. The molecule has 134 valence electrons. The van der Waals surface area contributed by atoms with Gasteiger partial charge in [0.2, 0.25) is 5.91 Å². The molecule has 26 heavy (non-hydrogen) atoms. The highest BCUT2D eigenvalue weighted by molar-refractivity contribution is 5.95. The first-order valence-corrected chi connectivity index (χ1v) is 8.87. The summed E-state index contributed by atoms with van der Waals surface area (Å²) in [6.07, 6.45) is 0.891. The number of fused-ring (bicyclic) bond motifs is 2. The molecular formula is C20H20FN3O2.